The van der Waals surface area contributed by atoms with E-state index < -0.39 is 43.0 Å². The van der Waals surface area contributed by atoms with Crippen molar-refractivity contribution in [3.8, 4) is 0 Å². The Morgan fingerprint density at radius 3 is 1.74 bits per heavy atom. The molecule has 0 unspecified atom stereocenters. The van der Waals surface area contributed by atoms with Crippen LogP contribution in [0.25, 0.3) is 0 Å². The first-order chi connectivity index (χ1) is 23.4. The van der Waals surface area contributed by atoms with E-state index in [-0.39, 0.29) is 57.2 Å². The Balaban J connectivity index is 0. The topological polar surface area (TPSA) is 274 Å². The number of aliphatic carboxylic acids is 4. The fourth-order valence-electron chi connectivity index (χ4n) is 4.16. The molecule has 0 aliphatic carbocycles. The molecule has 0 aliphatic rings. The first-order valence-electron chi connectivity index (χ1n) is 15.6. The molecule has 0 saturated heterocycles. The number of nitrogens with zero attached hydrogens (tertiary/aromatic N) is 3. The molecular formula is C32H51N5O13. The minimum absolute atomic E-state index is 0.0119. The summed E-state index contributed by atoms with van der Waals surface area (Å²) in [5.41, 5.74) is 7.76. The Hall–Kier alpha value is -4.58. The highest BCUT2D eigenvalue weighted by Crippen LogP contribution is 2.07. The van der Waals surface area contributed by atoms with Crippen molar-refractivity contribution in [3.63, 3.8) is 0 Å². The lowest BCUT2D eigenvalue weighted by Crippen LogP contribution is -2.45. The average Bonchev–Trinajstić information content (AvgIpc) is 2.98. The molecule has 0 saturated carbocycles. The second kappa shape index (κ2) is 28.3. The van der Waals surface area contributed by atoms with Gasteiger partial charge in [-0.05, 0) is 36.9 Å². The molecule has 50 heavy (non-hydrogen) atoms. The first kappa shape index (κ1) is 47.5. The molecule has 0 radical (unpaired) electrons. The van der Waals surface area contributed by atoms with Crippen molar-refractivity contribution in [3.05, 3.63) is 35.4 Å². The van der Waals surface area contributed by atoms with Crippen LogP contribution in [0.5, 0.6) is 0 Å². The molecule has 282 valence electrons. The van der Waals surface area contributed by atoms with E-state index in [1.165, 1.54) is 4.90 Å². The van der Waals surface area contributed by atoms with Gasteiger partial charge in [-0.1, -0.05) is 38.1 Å². The number of benzene rings is 1. The number of carbonyl (C=O) groups is 6. The van der Waals surface area contributed by atoms with Gasteiger partial charge in [0.1, 0.15) is 6.61 Å². The second-order valence-electron chi connectivity index (χ2n) is 11.6. The lowest BCUT2D eigenvalue weighted by molar-refractivity contribution is -0.192. The van der Waals surface area contributed by atoms with E-state index in [0.717, 1.165) is 18.1 Å². The van der Waals surface area contributed by atoms with E-state index in [1.807, 2.05) is 38.1 Å². The van der Waals surface area contributed by atoms with Gasteiger partial charge in [0.05, 0.1) is 38.8 Å². The molecule has 0 heterocycles. The summed E-state index contributed by atoms with van der Waals surface area (Å²) < 4.78 is 5.49. The Morgan fingerprint density at radius 2 is 1.26 bits per heavy atom. The van der Waals surface area contributed by atoms with Crippen molar-refractivity contribution < 1.29 is 63.5 Å². The number of hydrogen-bond donors (Lipinski definition) is 6. The summed E-state index contributed by atoms with van der Waals surface area (Å²) in [6.07, 6.45) is 1.49. The molecule has 18 heteroatoms. The van der Waals surface area contributed by atoms with Crippen molar-refractivity contribution in [1.82, 2.24) is 20.0 Å². The Kier molecular flexibility index (Phi) is 26.9. The maximum Gasteiger partial charge on any atom is 0.373 e. The number of nitrogens with one attached hydrogen (secondary N) is 1. The van der Waals surface area contributed by atoms with Crippen LogP contribution in [0, 0.1) is 5.92 Å². The quantitative estimate of drug-likeness (QED) is 0.0708. The molecule has 0 aliphatic heterocycles. The van der Waals surface area contributed by atoms with E-state index >= 15 is 0 Å². The Bertz CT molecular complexity index is 1200. The number of hydrogen-bond acceptors (Lipinski definition) is 13. The fraction of sp³-hybridized carbons (Fsp3) is 0.594. The third-order valence-electron chi connectivity index (χ3n) is 6.45. The molecule has 1 aromatic rings. The largest absolute Gasteiger partial charge is 0.481 e. The van der Waals surface area contributed by atoms with E-state index in [2.05, 4.69) is 5.32 Å². The van der Waals surface area contributed by atoms with Crippen LogP contribution < -0.4 is 11.1 Å². The first-order valence-corrected chi connectivity index (χ1v) is 15.6. The molecule has 1 amide bonds. The zero-order valence-corrected chi connectivity index (χ0v) is 29.0. The zero-order chi connectivity index (χ0) is 38.6. The van der Waals surface area contributed by atoms with Gasteiger partial charge < -0.3 is 36.2 Å². The molecule has 0 aromatic heterocycles. The fourth-order valence-corrected chi connectivity index (χ4v) is 4.16. The standard InChI is InChI=1S/C29H47N5O9.C2H4O2.CO2/c1-21(2)14-24(30)25(35)20-43-13-8-22-4-6-23(7-5-22)15-31-26(36)16-33(10-9-32(3)17-27(37)38)11-12-34(18-28(39)40)19-29(41)42;1-2(3)4;2-1-3/h4-7,21,24H,8-20,30H2,1-3H3,(H,31,36)(H,37,38)(H,39,40)(H,41,42);1H3,(H,3,4);/t24-;;/m1../s1. The summed E-state index contributed by atoms with van der Waals surface area (Å²) >= 11 is 0. The highest BCUT2D eigenvalue weighted by molar-refractivity contribution is 5.84. The number of carboxylic acids is 4. The van der Waals surface area contributed by atoms with E-state index in [0.29, 0.717) is 38.5 Å². The van der Waals surface area contributed by atoms with Crippen LogP contribution in [0.4, 0.5) is 0 Å². The van der Waals surface area contributed by atoms with Gasteiger partial charge in [-0.15, -0.1) is 0 Å². The lowest BCUT2D eigenvalue weighted by Gasteiger charge is -2.27. The number of nitrogens with two attached hydrogens (primary N) is 1. The van der Waals surface area contributed by atoms with Gasteiger partial charge in [0, 0.05) is 39.6 Å². The molecule has 1 aromatic carbocycles. The van der Waals surface area contributed by atoms with Crippen LogP contribution >= 0.6 is 0 Å². The molecule has 7 N–H and O–H groups in total. The number of Topliss-reactive ketones (excluding diaryl/α,β-unsaturated/α-hetero) is 1. The SMILES string of the molecule is CC(=O)O.CC(C)C[C@@H](N)C(=O)COCCc1ccc(CNC(=O)CN(CCN(C)CC(=O)O)CCN(CC(=O)O)CC(=O)O)cc1.O=C=O. The summed E-state index contributed by atoms with van der Waals surface area (Å²) in [5, 5.41) is 37.4. The summed E-state index contributed by atoms with van der Waals surface area (Å²) in [6.45, 7) is 5.56. The predicted octanol–water partition coefficient (Wildman–Crippen LogP) is -0.899. The van der Waals surface area contributed by atoms with Crippen LogP contribution in [-0.2, 0) is 56.1 Å². The van der Waals surface area contributed by atoms with Crippen LogP contribution in [0.2, 0.25) is 0 Å². The lowest BCUT2D eigenvalue weighted by atomic mass is 10.0. The molecular weight excluding hydrogens is 662 g/mol. The third kappa shape index (κ3) is 29.6. The maximum absolute atomic E-state index is 12.7. The van der Waals surface area contributed by atoms with E-state index in [1.54, 1.807) is 16.8 Å². The summed E-state index contributed by atoms with van der Waals surface area (Å²) in [6, 6.07) is 7.09. The van der Waals surface area contributed by atoms with Crippen LogP contribution in [-0.4, -0.2) is 156 Å². The van der Waals surface area contributed by atoms with E-state index in [4.69, 9.17) is 45.3 Å². The van der Waals surface area contributed by atoms with Gasteiger partial charge >= 0.3 is 24.1 Å². The molecule has 0 fully saturated rings. The predicted molar refractivity (Wildman–Crippen MR) is 177 cm³/mol. The number of rotatable bonds is 24. The molecule has 1 atom stereocenters. The molecule has 0 bridgehead atoms. The van der Waals surface area contributed by atoms with Gasteiger partial charge in [0.15, 0.2) is 5.78 Å². The summed E-state index contributed by atoms with van der Waals surface area (Å²) in [7, 11) is 1.63. The molecule has 1 rings (SSSR count). The zero-order valence-electron chi connectivity index (χ0n) is 29.0. The van der Waals surface area contributed by atoms with Crippen molar-refractivity contribution in [2.75, 3.05) is 72.6 Å². The Labute approximate surface area is 291 Å². The average molecular weight is 714 g/mol. The normalized spacial score (nSPS) is 11.1. The van der Waals surface area contributed by atoms with Gasteiger partial charge in [-0.25, -0.2) is 0 Å². The molecule has 18 nitrogen and oxygen atoms in total. The Morgan fingerprint density at radius 1 is 0.800 bits per heavy atom. The highest BCUT2D eigenvalue weighted by Gasteiger charge is 2.18. The van der Waals surface area contributed by atoms with Gasteiger partial charge in [-0.3, -0.25) is 43.5 Å². The third-order valence-corrected chi connectivity index (χ3v) is 6.45. The van der Waals surface area contributed by atoms with Crippen LogP contribution in [0.3, 0.4) is 0 Å². The summed E-state index contributed by atoms with van der Waals surface area (Å²) in [5.74, 6) is -4.21. The number of carboxylic acid groups (broad SMARTS) is 4. The van der Waals surface area contributed by atoms with E-state index in [9.17, 15) is 24.0 Å². The smallest absolute Gasteiger partial charge is 0.373 e. The van der Waals surface area contributed by atoms with Crippen molar-refractivity contribution in [1.29, 1.82) is 0 Å². The van der Waals surface area contributed by atoms with Gasteiger partial charge in [0.2, 0.25) is 5.91 Å². The van der Waals surface area contributed by atoms with Crippen molar-refractivity contribution in [2.45, 2.75) is 46.2 Å². The summed E-state index contributed by atoms with van der Waals surface area (Å²) in [4.78, 5) is 87.8. The number of ketones is 1. The monoisotopic (exact) mass is 713 g/mol. The number of amides is 1. The van der Waals surface area contributed by atoms with Crippen molar-refractivity contribution in [2.24, 2.45) is 11.7 Å². The van der Waals surface area contributed by atoms with Crippen molar-refractivity contribution >= 4 is 41.7 Å². The van der Waals surface area contributed by atoms with Gasteiger partial charge in [-0.2, -0.15) is 9.59 Å². The minimum Gasteiger partial charge on any atom is -0.481 e. The number of carbonyl (C=O) groups excluding carboxylic acids is 4. The van der Waals surface area contributed by atoms with Crippen LogP contribution in [0.15, 0.2) is 24.3 Å². The highest BCUT2D eigenvalue weighted by atomic mass is 16.5. The second-order valence-corrected chi connectivity index (χ2v) is 11.6. The maximum atomic E-state index is 12.7. The van der Waals surface area contributed by atoms with Gasteiger partial charge in [0.25, 0.3) is 5.97 Å². The number of ether oxygens (including phenoxy) is 1. The van der Waals surface area contributed by atoms with Crippen LogP contribution in [0.1, 0.15) is 38.3 Å². The minimum atomic E-state index is -1.16. The molecule has 0 spiro atoms. The number of likely N-dealkylation sites (N-methyl/N-ethyl adjacent to an activating group) is 1.